The maximum atomic E-state index is 12.3. The average Bonchev–Trinajstić information content (AvgIpc) is 3.11. The average molecular weight is 425 g/mol. The third-order valence-electron chi connectivity index (χ3n) is 3.70. The maximum absolute atomic E-state index is 12.3. The Bertz CT molecular complexity index is 694. The van der Waals surface area contributed by atoms with Crippen LogP contribution in [0.5, 0.6) is 0 Å². The van der Waals surface area contributed by atoms with Crippen molar-refractivity contribution < 1.29 is 14.0 Å². The van der Waals surface area contributed by atoms with Crippen LogP contribution >= 0.6 is 22.6 Å². The van der Waals surface area contributed by atoms with E-state index in [0.717, 1.165) is 9.26 Å². The number of amides is 3. The minimum Gasteiger partial charge on any atom is -0.459 e. The first kappa shape index (κ1) is 15.9. The van der Waals surface area contributed by atoms with Gasteiger partial charge in [0.25, 0.3) is 5.91 Å². The van der Waals surface area contributed by atoms with Gasteiger partial charge in [-0.05, 0) is 46.9 Å². The van der Waals surface area contributed by atoms with Gasteiger partial charge in [0.2, 0.25) is 0 Å². The van der Waals surface area contributed by atoms with Crippen molar-refractivity contribution in [2.24, 2.45) is 0 Å². The summed E-state index contributed by atoms with van der Waals surface area (Å²) in [5, 5.41) is 2.91. The summed E-state index contributed by atoms with van der Waals surface area (Å²) in [7, 11) is 0. The number of nitrogens with zero attached hydrogens (tertiary/aromatic N) is 2. The summed E-state index contributed by atoms with van der Waals surface area (Å²) in [6.45, 7) is 2.00. The van der Waals surface area contributed by atoms with Crippen LogP contribution in [0.4, 0.5) is 10.5 Å². The molecule has 1 fully saturated rings. The number of furan rings is 1. The van der Waals surface area contributed by atoms with E-state index in [4.69, 9.17) is 4.42 Å². The van der Waals surface area contributed by atoms with Gasteiger partial charge < -0.3 is 19.5 Å². The molecule has 2 heterocycles. The predicted octanol–water partition coefficient (Wildman–Crippen LogP) is 2.87. The van der Waals surface area contributed by atoms with Crippen LogP contribution in [-0.4, -0.2) is 47.9 Å². The second-order valence-corrected chi connectivity index (χ2v) is 6.33. The summed E-state index contributed by atoms with van der Waals surface area (Å²) in [5.74, 6) is 0.203. The molecule has 0 atom stereocenters. The molecule has 3 rings (SSSR count). The highest BCUT2D eigenvalue weighted by Crippen LogP contribution is 2.18. The summed E-state index contributed by atoms with van der Waals surface area (Å²) in [5.41, 5.74) is 0.798. The van der Waals surface area contributed by atoms with Crippen molar-refractivity contribution in [2.45, 2.75) is 0 Å². The SMILES string of the molecule is O=C(Nc1ccccc1I)N1CCN(C(=O)c2ccco2)CC1. The van der Waals surface area contributed by atoms with Crippen LogP contribution in [0, 0.1) is 3.57 Å². The number of hydrogen-bond acceptors (Lipinski definition) is 3. The molecule has 3 amide bonds. The molecular weight excluding hydrogens is 409 g/mol. The highest BCUT2D eigenvalue weighted by Gasteiger charge is 2.26. The fourth-order valence-electron chi connectivity index (χ4n) is 2.43. The molecule has 1 aromatic carbocycles. The van der Waals surface area contributed by atoms with Gasteiger partial charge in [0.05, 0.1) is 12.0 Å². The second kappa shape index (κ2) is 7.03. The normalized spacial score (nSPS) is 14.7. The third-order valence-corrected chi connectivity index (χ3v) is 4.64. The molecule has 7 heteroatoms. The summed E-state index contributed by atoms with van der Waals surface area (Å²) in [4.78, 5) is 27.9. The van der Waals surface area contributed by atoms with Crippen LogP contribution in [0.2, 0.25) is 0 Å². The number of benzene rings is 1. The number of carbonyl (C=O) groups excluding carboxylic acids is 2. The Kier molecular flexibility index (Phi) is 4.85. The van der Waals surface area contributed by atoms with E-state index in [-0.39, 0.29) is 11.9 Å². The molecule has 0 aliphatic carbocycles. The summed E-state index contributed by atoms with van der Waals surface area (Å²) >= 11 is 2.19. The van der Waals surface area contributed by atoms with Gasteiger partial charge in [-0.15, -0.1) is 0 Å². The molecule has 2 aromatic rings. The van der Waals surface area contributed by atoms with E-state index in [1.165, 1.54) is 6.26 Å². The number of nitrogens with one attached hydrogen (secondary N) is 1. The Morgan fingerprint density at radius 2 is 1.70 bits per heavy atom. The fraction of sp³-hybridized carbons (Fsp3) is 0.250. The fourth-order valence-corrected chi connectivity index (χ4v) is 2.95. The van der Waals surface area contributed by atoms with Gasteiger partial charge in [-0.25, -0.2) is 4.79 Å². The van der Waals surface area contributed by atoms with Crippen LogP contribution in [-0.2, 0) is 0 Å². The van der Waals surface area contributed by atoms with Crippen LogP contribution in [0.15, 0.2) is 47.1 Å². The van der Waals surface area contributed by atoms with Gasteiger partial charge in [-0.3, -0.25) is 4.79 Å². The van der Waals surface area contributed by atoms with Crippen molar-refractivity contribution in [2.75, 3.05) is 31.5 Å². The summed E-state index contributed by atoms with van der Waals surface area (Å²) in [6.07, 6.45) is 1.48. The monoisotopic (exact) mass is 425 g/mol. The van der Waals surface area contributed by atoms with Gasteiger partial charge in [0.1, 0.15) is 0 Å². The smallest absolute Gasteiger partial charge is 0.321 e. The first-order chi connectivity index (χ1) is 11.1. The molecular formula is C16H16IN3O3. The minimum absolute atomic E-state index is 0.132. The number of piperazine rings is 1. The van der Waals surface area contributed by atoms with Crippen molar-refractivity contribution in [3.63, 3.8) is 0 Å². The largest absolute Gasteiger partial charge is 0.459 e. The van der Waals surface area contributed by atoms with E-state index >= 15 is 0 Å². The molecule has 0 saturated carbocycles. The van der Waals surface area contributed by atoms with E-state index in [9.17, 15) is 9.59 Å². The van der Waals surface area contributed by atoms with E-state index in [1.54, 1.807) is 21.9 Å². The second-order valence-electron chi connectivity index (χ2n) is 5.17. The Morgan fingerprint density at radius 1 is 1.00 bits per heavy atom. The van der Waals surface area contributed by atoms with Gasteiger partial charge in [0.15, 0.2) is 5.76 Å². The zero-order valence-corrected chi connectivity index (χ0v) is 14.5. The Labute approximate surface area is 147 Å². The van der Waals surface area contributed by atoms with Gasteiger partial charge in [-0.1, -0.05) is 12.1 Å². The van der Waals surface area contributed by atoms with Crippen LogP contribution in [0.25, 0.3) is 0 Å². The molecule has 1 aromatic heterocycles. The van der Waals surface area contributed by atoms with Crippen LogP contribution in [0.1, 0.15) is 10.6 Å². The molecule has 6 nitrogen and oxygen atoms in total. The molecule has 1 saturated heterocycles. The number of rotatable bonds is 2. The number of hydrogen-bond donors (Lipinski definition) is 1. The van der Waals surface area contributed by atoms with Crippen molar-refractivity contribution >= 4 is 40.2 Å². The predicted molar refractivity (Wildman–Crippen MR) is 94.4 cm³/mol. The number of para-hydroxylation sites is 1. The Hall–Kier alpha value is -2.03. The Morgan fingerprint density at radius 3 is 2.35 bits per heavy atom. The molecule has 23 heavy (non-hydrogen) atoms. The molecule has 0 radical (unpaired) electrons. The maximum Gasteiger partial charge on any atom is 0.321 e. The number of urea groups is 1. The lowest BCUT2D eigenvalue weighted by Gasteiger charge is -2.34. The van der Waals surface area contributed by atoms with Crippen molar-refractivity contribution in [3.8, 4) is 0 Å². The van der Waals surface area contributed by atoms with Gasteiger partial charge in [-0.2, -0.15) is 0 Å². The minimum atomic E-state index is -0.140. The van der Waals surface area contributed by atoms with E-state index < -0.39 is 0 Å². The topological polar surface area (TPSA) is 65.8 Å². The lowest BCUT2D eigenvalue weighted by atomic mass is 10.3. The van der Waals surface area contributed by atoms with Crippen molar-refractivity contribution in [3.05, 3.63) is 52.0 Å². The molecule has 0 spiro atoms. The summed E-state index contributed by atoms with van der Waals surface area (Å²) < 4.78 is 6.12. The van der Waals surface area contributed by atoms with Crippen molar-refractivity contribution in [1.82, 2.24) is 9.80 Å². The molecule has 1 aliphatic heterocycles. The zero-order valence-electron chi connectivity index (χ0n) is 12.4. The Balaban J connectivity index is 1.55. The van der Waals surface area contributed by atoms with Crippen molar-refractivity contribution in [1.29, 1.82) is 0 Å². The quantitative estimate of drug-likeness (QED) is 0.753. The molecule has 120 valence electrons. The lowest BCUT2D eigenvalue weighted by molar-refractivity contribution is 0.0640. The molecule has 0 unspecified atom stereocenters. The highest BCUT2D eigenvalue weighted by atomic mass is 127. The lowest BCUT2D eigenvalue weighted by Crippen LogP contribution is -2.51. The molecule has 1 aliphatic rings. The van der Waals surface area contributed by atoms with Crippen LogP contribution < -0.4 is 5.32 Å². The highest BCUT2D eigenvalue weighted by molar-refractivity contribution is 14.1. The number of anilines is 1. The standard InChI is InChI=1S/C16H16IN3O3/c17-12-4-1-2-5-13(12)18-16(22)20-9-7-19(8-10-20)15(21)14-6-3-11-23-14/h1-6,11H,7-10H2,(H,18,22). The number of halogens is 1. The zero-order chi connectivity index (χ0) is 16.2. The molecule has 0 bridgehead atoms. The first-order valence-corrected chi connectivity index (χ1v) is 8.36. The van der Waals surface area contributed by atoms with E-state index in [0.29, 0.717) is 31.9 Å². The van der Waals surface area contributed by atoms with Gasteiger partial charge in [0, 0.05) is 29.7 Å². The third kappa shape index (κ3) is 3.66. The van der Waals surface area contributed by atoms with Gasteiger partial charge >= 0.3 is 6.03 Å². The van der Waals surface area contributed by atoms with E-state index in [2.05, 4.69) is 27.9 Å². The van der Waals surface area contributed by atoms with E-state index in [1.807, 2.05) is 24.3 Å². The molecule has 1 N–H and O–H groups in total. The summed E-state index contributed by atoms with van der Waals surface area (Å²) in [6, 6.07) is 10.8. The van der Waals surface area contributed by atoms with Crippen LogP contribution in [0.3, 0.4) is 0 Å². The number of carbonyl (C=O) groups is 2. The first-order valence-electron chi connectivity index (χ1n) is 7.28.